The molecule has 0 saturated carbocycles. The molecule has 1 unspecified atom stereocenters. The van der Waals surface area contributed by atoms with Gasteiger partial charge in [-0.1, -0.05) is 18.2 Å². The van der Waals surface area contributed by atoms with Crippen LogP contribution < -0.4 is 16.0 Å². The van der Waals surface area contributed by atoms with Gasteiger partial charge in [-0.15, -0.1) is 24.0 Å². The van der Waals surface area contributed by atoms with Crippen LogP contribution in [0.4, 0.5) is 5.69 Å². The SMILES string of the molecule is CN=C(NCCS(=O)(=O)C(C)(C)C)NCC1CC(=O)Nc2ccccc21.I. The molecule has 1 aromatic carbocycles. The molecule has 1 aliphatic rings. The van der Waals surface area contributed by atoms with Crippen molar-refractivity contribution < 1.29 is 13.2 Å². The molecule has 1 amide bonds. The first-order valence-electron chi connectivity index (χ1n) is 8.69. The zero-order valence-electron chi connectivity index (χ0n) is 16.2. The van der Waals surface area contributed by atoms with E-state index in [9.17, 15) is 13.2 Å². The molecule has 3 N–H and O–H groups in total. The second-order valence-corrected chi connectivity index (χ2v) is 10.2. The van der Waals surface area contributed by atoms with Crippen molar-refractivity contribution in [3.63, 3.8) is 0 Å². The Labute approximate surface area is 178 Å². The Hall–Kier alpha value is -1.36. The second kappa shape index (κ2) is 9.72. The number of carbonyl (C=O) groups is 1. The van der Waals surface area contributed by atoms with Gasteiger partial charge >= 0.3 is 0 Å². The third-order valence-electron chi connectivity index (χ3n) is 4.44. The Kier molecular flexibility index (Phi) is 8.52. The van der Waals surface area contributed by atoms with Crippen LogP contribution in [0.5, 0.6) is 0 Å². The first-order chi connectivity index (χ1) is 12.1. The number of guanidine groups is 1. The van der Waals surface area contributed by atoms with Crippen molar-refractivity contribution in [3.8, 4) is 0 Å². The van der Waals surface area contributed by atoms with Crippen LogP contribution in [0.25, 0.3) is 0 Å². The highest BCUT2D eigenvalue weighted by Gasteiger charge is 2.28. The third-order valence-corrected chi connectivity index (χ3v) is 7.05. The van der Waals surface area contributed by atoms with Gasteiger partial charge in [0, 0.05) is 38.2 Å². The van der Waals surface area contributed by atoms with Gasteiger partial charge in [-0.2, -0.15) is 0 Å². The van der Waals surface area contributed by atoms with E-state index in [1.807, 2.05) is 24.3 Å². The van der Waals surface area contributed by atoms with E-state index in [0.717, 1.165) is 11.3 Å². The normalized spacial score (nSPS) is 17.4. The summed E-state index contributed by atoms with van der Waals surface area (Å²) in [5.41, 5.74) is 1.93. The summed E-state index contributed by atoms with van der Waals surface area (Å²) in [6.45, 7) is 5.90. The van der Waals surface area contributed by atoms with Gasteiger partial charge in [0.15, 0.2) is 15.8 Å². The molecular weight excluding hydrogens is 479 g/mol. The summed E-state index contributed by atoms with van der Waals surface area (Å²) < 4.78 is 23.5. The first kappa shape index (κ1) is 23.7. The van der Waals surface area contributed by atoms with Crippen molar-refractivity contribution in [3.05, 3.63) is 29.8 Å². The van der Waals surface area contributed by atoms with Crippen molar-refractivity contribution >= 4 is 51.4 Å². The maximum atomic E-state index is 12.2. The molecule has 0 fully saturated rings. The predicted octanol–water partition coefficient (Wildman–Crippen LogP) is 2.11. The van der Waals surface area contributed by atoms with Gasteiger partial charge in [0.25, 0.3) is 0 Å². The minimum Gasteiger partial charge on any atom is -0.356 e. The molecule has 1 heterocycles. The molecule has 1 aliphatic heterocycles. The summed E-state index contributed by atoms with van der Waals surface area (Å²) in [6, 6.07) is 7.75. The Morgan fingerprint density at radius 3 is 2.56 bits per heavy atom. The molecule has 0 saturated heterocycles. The molecule has 1 atom stereocenters. The number of fused-ring (bicyclic) bond motifs is 1. The van der Waals surface area contributed by atoms with E-state index in [2.05, 4.69) is 20.9 Å². The van der Waals surface area contributed by atoms with Crippen LogP contribution >= 0.6 is 24.0 Å². The van der Waals surface area contributed by atoms with Crippen LogP contribution in [-0.4, -0.2) is 50.9 Å². The molecule has 1 aromatic rings. The third kappa shape index (κ3) is 6.34. The zero-order chi connectivity index (χ0) is 19.4. The molecule has 152 valence electrons. The summed E-state index contributed by atoms with van der Waals surface area (Å²) in [5, 5.41) is 9.10. The highest BCUT2D eigenvalue weighted by Crippen LogP contribution is 2.31. The van der Waals surface area contributed by atoms with Gasteiger partial charge in [-0.3, -0.25) is 9.79 Å². The molecule has 9 heteroatoms. The molecule has 2 rings (SSSR count). The van der Waals surface area contributed by atoms with E-state index in [0.29, 0.717) is 18.9 Å². The van der Waals surface area contributed by atoms with Crippen LogP contribution in [0.1, 0.15) is 38.7 Å². The van der Waals surface area contributed by atoms with Crippen molar-refractivity contribution in [2.45, 2.75) is 37.9 Å². The predicted molar refractivity (Wildman–Crippen MR) is 121 cm³/mol. The highest BCUT2D eigenvalue weighted by atomic mass is 127. The Morgan fingerprint density at radius 1 is 1.26 bits per heavy atom. The van der Waals surface area contributed by atoms with Gasteiger partial charge in [-0.25, -0.2) is 8.42 Å². The Balaban J connectivity index is 0.00000364. The monoisotopic (exact) mass is 508 g/mol. The average molecular weight is 508 g/mol. The van der Waals surface area contributed by atoms with Gasteiger partial charge in [0.2, 0.25) is 5.91 Å². The summed E-state index contributed by atoms with van der Waals surface area (Å²) in [5.74, 6) is 0.593. The van der Waals surface area contributed by atoms with E-state index < -0.39 is 14.6 Å². The number of hydrogen-bond donors (Lipinski definition) is 3. The molecule has 27 heavy (non-hydrogen) atoms. The fourth-order valence-electron chi connectivity index (χ4n) is 2.73. The summed E-state index contributed by atoms with van der Waals surface area (Å²) in [4.78, 5) is 16.0. The first-order valence-corrected chi connectivity index (χ1v) is 10.3. The number of sulfone groups is 1. The molecular formula is C18H29IN4O3S. The number of benzene rings is 1. The maximum absolute atomic E-state index is 12.2. The smallest absolute Gasteiger partial charge is 0.225 e. The topological polar surface area (TPSA) is 99.7 Å². The Bertz CT molecular complexity index is 788. The number of nitrogens with one attached hydrogen (secondary N) is 3. The maximum Gasteiger partial charge on any atom is 0.225 e. The number of amides is 1. The lowest BCUT2D eigenvalue weighted by Gasteiger charge is -2.26. The van der Waals surface area contributed by atoms with Gasteiger partial charge in [-0.05, 0) is 32.4 Å². The molecule has 0 radical (unpaired) electrons. The molecule has 0 spiro atoms. The van der Waals surface area contributed by atoms with Crippen molar-refractivity contribution in [1.29, 1.82) is 0 Å². The minimum atomic E-state index is -3.18. The van der Waals surface area contributed by atoms with E-state index in [1.165, 1.54) is 0 Å². The lowest BCUT2D eigenvalue weighted by Crippen LogP contribution is -2.43. The number of nitrogens with zero attached hydrogens (tertiary/aromatic N) is 1. The summed E-state index contributed by atoms with van der Waals surface area (Å²) >= 11 is 0. The van der Waals surface area contributed by atoms with Gasteiger partial charge < -0.3 is 16.0 Å². The largest absolute Gasteiger partial charge is 0.356 e. The van der Waals surface area contributed by atoms with Crippen LogP contribution in [-0.2, 0) is 14.6 Å². The zero-order valence-corrected chi connectivity index (χ0v) is 19.4. The summed E-state index contributed by atoms with van der Waals surface area (Å²) in [7, 11) is -1.55. The standard InChI is InChI=1S/C18H28N4O3S.HI/c1-18(2,3)26(24,25)10-9-20-17(19-4)21-12-13-11-16(23)22-15-8-6-5-7-14(13)15;/h5-8,13H,9-12H2,1-4H3,(H,22,23)(H2,19,20,21);1H. The van der Waals surface area contributed by atoms with Crippen molar-refractivity contribution in [2.24, 2.45) is 4.99 Å². The van der Waals surface area contributed by atoms with Gasteiger partial charge in [0.1, 0.15) is 0 Å². The Morgan fingerprint density at radius 2 is 1.93 bits per heavy atom. The lowest BCUT2D eigenvalue weighted by molar-refractivity contribution is -0.116. The quantitative estimate of drug-likeness (QED) is 0.322. The van der Waals surface area contributed by atoms with E-state index in [1.54, 1.807) is 27.8 Å². The number of halogens is 1. The fraction of sp³-hybridized carbons (Fsp3) is 0.556. The highest BCUT2D eigenvalue weighted by molar-refractivity contribution is 14.0. The number of para-hydroxylation sites is 1. The number of aliphatic imine (C=N–C) groups is 1. The minimum absolute atomic E-state index is 0. The molecule has 7 nitrogen and oxygen atoms in total. The fourth-order valence-corrected chi connectivity index (χ4v) is 3.72. The van der Waals surface area contributed by atoms with Crippen LogP contribution in [0.15, 0.2) is 29.3 Å². The lowest BCUT2D eigenvalue weighted by atomic mass is 9.90. The van der Waals surface area contributed by atoms with Crippen LogP contribution in [0.2, 0.25) is 0 Å². The summed E-state index contributed by atoms with van der Waals surface area (Å²) in [6.07, 6.45) is 0.402. The second-order valence-electron chi connectivity index (χ2n) is 7.35. The van der Waals surface area contributed by atoms with Crippen LogP contribution in [0.3, 0.4) is 0 Å². The van der Waals surface area contributed by atoms with Crippen molar-refractivity contribution in [1.82, 2.24) is 10.6 Å². The van der Waals surface area contributed by atoms with E-state index in [-0.39, 0.29) is 48.1 Å². The van der Waals surface area contributed by atoms with E-state index in [4.69, 9.17) is 0 Å². The molecule has 0 aromatic heterocycles. The average Bonchev–Trinajstić information content (AvgIpc) is 2.56. The van der Waals surface area contributed by atoms with Crippen LogP contribution in [0, 0.1) is 0 Å². The molecule has 0 bridgehead atoms. The number of rotatable bonds is 5. The van der Waals surface area contributed by atoms with Gasteiger partial charge in [0.05, 0.1) is 10.5 Å². The number of carbonyl (C=O) groups excluding carboxylic acids is 1. The van der Waals surface area contributed by atoms with E-state index >= 15 is 0 Å². The molecule has 0 aliphatic carbocycles. The van der Waals surface area contributed by atoms with Crippen molar-refractivity contribution in [2.75, 3.05) is 31.2 Å². The number of anilines is 1. The number of hydrogen-bond acceptors (Lipinski definition) is 4.